The summed E-state index contributed by atoms with van der Waals surface area (Å²) in [5.41, 5.74) is -0.184. The summed E-state index contributed by atoms with van der Waals surface area (Å²) in [5, 5.41) is 42.0. The molecule has 1 aliphatic heterocycles. The number of aliphatic hydroxyl groups excluding tert-OH is 2. The van der Waals surface area contributed by atoms with E-state index >= 15 is 0 Å². The van der Waals surface area contributed by atoms with Crippen molar-refractivity contribution >= 4 is 17.4 Å². The summed E-state index contributed by atoms with van der Waals surface area (Å²) in [5.74, 6) is -1.17. The Morgan fingerprint density at radius 1 is 1.26 bits per heavy atom. The third-order valence-electron chi connectivity index (χ3n) is 4.26. The quantitative estimate of drug-likeness (QED) is 0.442. The van der Waals surface area contributed by atoms with Gasteiger partial charge in [0.15, 0.2) is 11.6 Å². The van der Waals surface area contributed by atoms with Gasteiger partial charge < -0.3 is 29.9 Å². The third kappa shape index (κ3) is 7.11. The van der Waals surface area contributed by atoms with E-state index in [1.807, 2.05) is 6.07 Å². The van der Waals surface area contributed by atoms with Gasteiger partial charge in [-0.3, -0.25) is 5.32 Å². The van der Waals surface area contributed by atoms with Crippen LogP contribution in [0.15, 0.2) is 18.5 Å². The second kappa shape index (κ2) is 9.45. The highest BCUT2D eigenvalue weighted by atomic mass is 16.6. The van der Waals surface area contributed by atoms with Crippen LogP contribution in [0.3, 0.4) is 0 Å². The summed E-state index contributed by atoms with van der Waals surface area (Å²) in [6.07, 6.45) is 1.61. The molecule has 3 heterocycles. The van der Waals surface area contributed by atoms with E-state index in [1.54, 1.807) is 31.4 Å². The molecule has 1 aliphatic rings. The Hall–Kier alpha value is -2.31. The van der Waals surface area contributed by atoms with E-state index in [0.717, 1.165) is 5.69 Å². The molecular formula is C20H32N4O7. The van der Waals surface area contributed by atoms with Crippen LogP contribution < -0.4 is 5.32 Å². The monoisotopic (exact) mass is 440 g/mol. The van der Waals surface area contributed by atoms with Crippen LogP contribution in [0.25, 0.3) is 5.52 Å². The Bertz CT molecular complexity index is 876. The lowest BCUT2D eigenvalue weighted by Crippen LogP contribution is -2.36. The van der Waals surface area contributed by atoms with Crippen molar-refractivity contribution in [3.63, 3.8) is 0 Å². The van der Waals surface area contributed by atoms with Crippen LogP contribution in [0.2, 0.25) is 0 Å². The SMILES string of the molecule is CC(C)(C)OC(=O)Nc1ncnn2c(C3CCC(CO)(CO)O3)ccc12.CC(C)(O)O. The number of carbonyl (C=O) groups excluding carboxylic acids is 1. The Morgan fingerprint density at radius 2 is 1.87 bits per heavy atom. The van der Waals surface area contributed by atoms with Gasteiger partial charge in [-0.25, -0.2) is 14.3 Å². The molecule has 1 amide bonds. The largest absolute Gasteiger partial charge is 0.444 e. The van der Waals surface area contributed by atoms with Gasteiger partial charge >= 0.3 is 6.09 Å². The lowest BCUT2D eigenvalue weighted by molar-refractivity contribution is -0.127. The maximum absolute atomic E-state index is 12.0. The van der Waals surface area contributed by atoms with Crippen LogP contribution in [-0.4, -0.2) is 71.3 Å². The zero-order chi connectivity index (χ0) is 23.4. The Labute approximate surface area is 180 Å². The van der Waals surface area contributed by atoms with E-state index in [-0.39, 0.29) is 19.3 Å². The standard InChI is InChI=1S/C17H24N4O5.C3H8O2/c1-16(2,3)26-15(24)20-14-12-5-4-11(21(12)19-10-18-14)13-6-7-17(8-22,9-23)25-13;1-3(2,4)5/h4-5,10,13,22-23H,6-9H2,1-3H3,(H,18,19,20,24);4-5H,1-2H3. The molecule has 31 heavy (non-hydrogen) atoms. The molecule has 0 saturated carbocycles. The van der Waals surface area contributed by atoms with Gasteiger partial charge in [0.25, 0.3) is 0 Å². The summed E-state index contributed by atoms with van der Waals surface area (Å²) in [6.45, 7) is 7.45. The fourth-order valence-corrected chi connectivity index (χ4v) is 3.00. The maximum Gasteiger partial charge on any atom is 0.413 e. The molecule has 0 spiro atoms. The van der Waals surface area contributed by atoms with Crippen molar-refractivity contribution < 1.29 is 34.7 Å². The van der Waals surface area contributed by atoms with Gasteiger partial charge in [-0.05, 0) is 59.6 Å². The number of aliphatic hydroxyl groups is 4. The molecule has 0 aromatic carbocycles. The van der Waals surface area contributed by atoms with Crippen molar-refractivity contribution in [2.45, 2.75) is 70.6 Å². The number of ether oxygens (including phenoxy) is 2. The van der Waals surface area contributed by atoms with E-state index in [2.05, 4.69) is 15.4 Å². The first-order valence-corrected chi connectivity index (χ1v) is 9.94. The van der Waals surface area contributed by atoms with Crippen molar-refractivity contribution in [1.29, 1.82) is 0 Å². The Balaban J connectivity index is 0.000000614. The second-order valence-corrected chi connectivity index (χ2v) is 8.93. The van der Waals surface area contributed by atoms with Gasteiger partial charge in [-0.15, -0.1) is 0 Å². The van der Waals surface area contributed by atoms with Crippen LogP contribution in [0.4, 0.5) is 10.6 Å². The Morgan fingerprint density at radius 3 is 2.39 bits per heavy atom. The van der Waals surface area contributed by atoms with E-state index in [1.165, 1.54) is 20.2 Å². The number of carbonyl (C=O) groups is 1. The lowest BCUT2D eigenvalue weighted by atomic mass is 10.0. The number of anilines is 1. The molecule has 0 bridgehead atoms. The number of hydrogen-bond donors (Lipinski definition) is 5. The minimum absolute atomic E-state index is 0.246. The fourth-order valence-electron chi connectivity index (χ4n) is 3.00. The number of hydrogen-bond acceptors (Lipinski definition) is 9. The number of fused-ring (bicyclic) bond motifs is 1. The third-order valence-corrected chi connectivity index (χ3v) is 4.26. The van der Waals surface area contributed by atoms with Crippen molar-refractivity contribution in [3.05, 3.63) is 24.2 Å². The summed E-state index contributed by atoms with van der Waals surface area (Å²) >= 11 is 0. The molecule has 0 radical (unpaired) electrons. The fraction of sp³-hybridized carbons (Fsp3) is 0.650. The van der Waals surface area contributed by atoms with Gasteiger partial charge in [0.05, 0.1) is 18.9 Å². The summed E-state index contributed by atoms with van der Waals surface area (Å²) < 4.78 is 12.8. The van der Waals surface area contributed by atoms with Crippen LogP contribution in [0.1, 0.15) is 59.3 Å². The van der Waals surface area contributed by atoms with Crippen molar-refractivity contribution in [2.24, 2.45) is 0 Å². The molecular weight excluding hydrogens is 408 g/mol. The number of nitrogens with zero attached hydrogens (tertiary/aromatic N) is 3. The molecule has 3 rings (SSSR count). The first kappa shape index (κ1) is 25.0. The molecule has 2 aromatic heterocycles. The van der Waals surface area contributed by atoms with Crippen LogP contribution in [-0.2, 0) is 9.47 Å². The van der Waals surface area contributed by atoms with Crippen LogP contribution in [0.5, 0.6) is 0 Å². The van der Waals surface area contributed by atoms with Crippen molar-refractivity contribution in [2.75, 3.05) is 18.5 Å². The van der Waals surface area contributed by atoms with Crippen molar-refractivity contribution in [1.82, 2.24) is 14.6 Å². The highest BCUT2D eigenvalue weighted by Crippen LogP contribution is 2.39. The first-order valence-electron chi connectivity index (χ1n) is 9.94. The van der Waals surface area contributed by atoms with E-state index < -0.39 is 23.1 Å². The molecule has 1 saturated heterocycles. The smallest absolute Gasteiger partial charge is 0.413 e. The van der Waals surface area contributed by atoms with E-state index in [0.29, 0.717) is 24.2 Å². The predicted molar refractivity (Wildman–Crippen MR) is 111 cm³/mol. The number of aromatic nitrogens is 3. The highest BCUT2D eigenvalue weighted by molar-refractivity contribution is 5.88. The molecule has 1 fully saturated rings. The lowest BCUT2D eigenvalue weighted by Gasteiger charge is -2.24. The minimum atomic E-state index is -1.50. The molecule has 11 heteroatoms. The Kier molecular flexibility index (Phi) is 7.61. The number of amides is 1. The molecule has 1 unspecified atom stereocenters. The first-order chi connectivity index (χ1) is 14.3. The van der Waals surface area contributed by atoms with Gasteiger partial charge in [-0.1, -0.05) is 0 Å². The molecule has 1 atom stereocenters. The van der Waals surface area contributed by atoms with E-state index in [4.69, 9.17) is 19.7 Å². The van der Waals surface area contributed by atoms with E-state index in [9.17, 15) is 15.0 Å². The van der Waals surface area contributed by atoms with Gasteiger partial charge in [0.2, 0.25) is 0 Å². The second-order valence-electron chi connectivity index (χ2n) is 8.93. The molecule has 5 N–H and O–H groups in total. The summed E-state index contributed by atoms with van der Waals surface area (Å²) in [4.78, 5) is 16.1. The van der Waals surface area contributed by atoms with Crippen molar-refractivity contribution in [3.8, 4) is 0 Å². The van der Waals surface area contributed by atoms with Crippen LogP contribution >= 0.6 is 0 Å². The summed E-state index contributed by atoms with van der Waals surface area (Å²) in [6, 6.07) is 3.61. The predicted octanol–water partition coefficient (Wildman–Crippen LogP) is 1.36. The topological polar surface area (TPSA) is 159 Å². The normalized spacial score (nSPS) is 18.4. The van der Waals surface area contributed by atoms with Crippen LogP contribution in [0, 0.1) is 0 Å². The average molecular weight is 440 g/mol. The molecule has 2 aromatic rings. The minimum Gasteiger partial charge on any atom is -0.444 e. The zero-order valence-corrected chi connectivity index (χ0v) is 18.5. The number of rotatable bonds is 4. The van der Waals surface area contributed by atoms with Gasteiger partial charge in [0, 0.05) is 0 Å². The highest BCUT2D eigenvalue weighted by Gasteiger charge is 2.41. The molecule has 0 aliphatic carbocycles. The summed E-state index contributed by atoms with van der Waals surface area (Å²) in [7, 11) is 0. The number of nitrogens with one attached hydrogen (secondary N) is 1. The maximum atomic E-state index is 12.0. The van der Waals surface area contributed by atoms with Gasteiger partial charge in [-0.2, -0.15) is 5.10 Å². The average Bonchev–Trinajstić information content (AvgIpc) is 3.23. The van der Waals surface area contributed by atoms with Gasteiger partial charge in [0.1, 0.15) is 29.2 Å². The molecule has 11 nitrogen and oxygen atoms in total. The molecule has 174 valence electrons. The zero-order valence-electron chi connectivity index (χ0n) is 18.5.